The Kier molecular flexibility index (Phi) is 7.25. The molecule has 2 aromatic rings. The van der Waals surface area contributed by atoms with Crippen molar-refractivity contribution >= 4 is 47.1 Å². The Hall–Kier alpha value is -3.41. The van der Waals surface area contributed by atoms with Crippen LogP contribution in [0, 0.1) is 5.92 Å². The number of hydrogen-bond acceptors (Lipinski definition) is 9. The lowest BCUT2D eigenvalue weighted by Crippen LogP contribution is -2.44. The maximum absolute atomic E-state index is 13.0. The third kappa shape index (κ3) is 6.59. The Morgan fingerprint density at radius 2 is 1.69 bits per heavy atom. The second kappa shape index (κ2) is 9.68. The molecule has 2 aromatic heterocycles. The lowest BCUT2D eigenvalue weighted by molar-refractivity contribution is 0.0426. The number of imidazole rings is 1. The number of amides is 2. The van der Waals surface area contributed by atoms with Crippen LogP contribution in [0.15, 0.2) is 18.5 Å². The smallest absolute Gasteiger partial charge is 0.450 e. The summed E-state index contributed by atoms with van der Waals surface area (Å²) < 4.78 is 17.1. The Balaban J connectivity index is 1.99. The van der Waals surface area contributed by atoms with Crippen molar-refractivity contribution in [1.29, 1.82) is 0 Å². The molecule has 190 valence electrons. The van der Waals surface area contributed by atoms with Crippen LogP contribution in [0.5, 0.6) is 0 Å². The molecule has 0 bridgehead atoms. The number of nitrogens with zero attached hydrogens (tertiary/aromatic N) is 5. The predicted octanol–water partition coefficient (Wildman–Crippen LogP) is 4.97. The number of carboxylic acid groups (broad SMARTS) is 1. The standard InChI is InChI=1S/C22H28ClN5O7/c1-21(2,3)34-18(29)28(19(30)35-22(4,5)6)17-25-15(23)14-16(26-17)27(11-24-14)13-8-7-12(9-13)10-33-20(31)32/h7-8,11-13H,9-10H2,1-6H3,(H,31,32)/t12-,13+/m1/s1. The Labute approximate surface area is 206 Å². The van der Waals surface area contributed by atoms with Crippen LogP contribution < -0.4 is 4.90 Å². The minimum atomic E-state index is -1.34. The van der Waals surface area contributed by atoms with E-state index in [2.05, 4.69) is 19.7 Å². The predicted molar refractivity (Wildman–Crippen MR) is 126 cm³/mol. The fourth-order valence-corrected chi connectivity index (χ4v) is 3.54. The first-order valence-corrected chi connectivity index (χ1v) is 11.2. The molecule has 0 fully saturated rings. The molecule has 0 saturated carbocycles. The number of anilines is 1. The molecule has 35 heavy (non-hydrogen) atoms. The Morgan fingerprint density at radius 1 is 1.09 bits per heavy atom. The van der Waals surface area contributed by atoms with Gasteiger partial charge in [0.1, 0.15) is 23.3 Å². The van der Waals surface area contributed by atoms with Crippen LogP contribution in [0.1, 0.15) is 54.0 Å². The summed E-state index contributed by atoms with van der Waals surface area (Å²) in [5.74, 6) is -0.467. The summed E-state index contributed by atoms with van der Waals surface area (Å²) in [6, 6.07) is -0.238. The number of rotatable bonds is 4. The van der Waals surface area contributed by atoms with Crippen LogP contribution in [0.25, 0.3) is 11.2 Å². The highest BCUT2D eigenvalue weighted by Crippen LogP contribution is 2.32. The van der Waals surface area contributed by atoms with Gasteiger partial charge in [0.25, 0.3) is 0 Å². The molecule has 0 radical (unpaired) electrons. The Bertz CT molecular complexity index is 1140. The largest absolute Gasteiger partial charge is 0.505 e. The van der Waals surface area contributed by atoms with Gasteiger partial charge in [-0.05, 0) is 48.0 Å². The van der Waals surface area contributed by atoms with E-state index in [1.807, 2.05) is 12.2 Å². The molecule has 1 aliphatic carbocycles. The van der Waals surface area contributed by atoms with E-state index in [1.54, 1.807) is 46.1 Å². The van der Waals surface area contributed by atoms with Crippen molar-refractivity contribution in [2.45, 2.75) is 65.2 Å². The van der Waals surface area contributed by atoms with E-state index in [9.17, 15) is 14.4 Å². The first-order chi connectivity index (χ1) is 16.1. The molecule has 0 aromatic carbocycles. The van der Waals surface area contributed by atoms with Crippen LogP contribution >= 0.6 is 11.6 Å². The lowest BCUT2D eigenvalue weighted by Gasteiger charge is -2.27. The van der Waals surface area contributed by atoms with E-state index in [4.69, 9.17) is 26.2 Å². The summed E-state index contributed by atoms with van der Waals surface area (Å²) in [5.41, 5.74) is -1.28. The first kappa shape index (κ1) is 26.2. The van der Waals surface area contributed by atoms with Crippen molar-refractivity contribution in [2.24, 2.45) is 5.92 Å². The topological polar surface area (TPSA) is 146 Å². The van der Waals surface area contributed by atoms with E-state index in [0.29, 0.717) is 11.3 Å². The average Bonchev–Trinajstić information content (AvgIpc) is 3.30. The normalized spacial score (nSPS) is 17.9. The van der Waals surface area contributed by atoms with Gasteiger partial charge in [-0.3, -0.25) is 0 Å². The highest BCUT2D eigenvalue weighted by atomic mass is 35.5. The van der Waals surface area contributed by atoms with Gasteiger partial charge in [-0.25, -0.2) is 19.4 Å². The fraction of sp³-hybridized carbons (Fsp3) is 0.545. The minimum Gasteiger partial charge on any atom is -0.450 e. The number of allylic oxidation sites excluding steroid dienone is 1. The molecule has 0 saturated heterocycles. The lowest BCUT2D eigenvalue weighted by atomic mass is 10.1. The second-order valence-corrected chi connectivity index (χ2v) is 10.3. The van der Waals surface area contributed by atoms with Crippen LogP contribution in [0.4, 0.5) is 20.3 Å². The number of ether oxygens (including phenoxy) is 3. The van der Waals surface area contributed by atoms with Crippen LogP contribution in [0.2, 0.25) is 5.15 Å². The van der Waals surface area contributed by atoms with Gasteiger partial charge < -0.3 is 23.9 Å². The zero-order valence-corrected chi connectivity index (χ0v) is 21.1. The summed E-state index contributed by atoms with van der Waals surface area (Å²) in [4.78, 5) is 50.0. The molecule has 2 heterocycles. The van der Waals surface area contributed by atoms with Crippen molar-refractivity contribution in [3.05, 3.63) is 23.6 Å². The van der Waals surface area contributed by atoms with E-state index in [-0.39, 0.29) is 40.8 Å². The van der Waals surface area contributed by atoms with Crippen molar-refractivity contribution in [2.75, 3.05) is 11.5 Å². The number of imide groups is 1. The maximum atomic E-state index is 13.0. The molecule has 12 nitrogen and oxygen atoms in total. The quantitative estimate of drug-likeness (QED) is 0.259. The summed E-state index contributed by atoms with van der Waals surface area (Å²) in [6.07, 6.45) is 2.35. The summed E-state index contributed by atoms with van der Waals surface area (Å²) in [6.45, 7) is 9.94. The number of halogens is 1. The third-order valence-electron chi connectivity index (χ3n) is 4.65. The number of aromatic nitrogens is 4. The van der Waals surface area contributed by atoms with Crippen molar-refractivity contribution in [3.63, 3.8) is 0 Å². The second-order valence-electron chi connectivity index (χ2n) is 9.96. The summed E-state index contributed by atoms with van der Waals surface area (Å²) in [5, 5.41) is 8.66. The van der Waals surface area contributed by atoms with Gasteiger partial charge in [0.05, 0.1) is 12.4 Å². The van der Waals surface area contributed by atoms with E-state index < -0.39 is 29.5 Å². The van der Waals surface area contributed by atoms with Crippen molar-refractivity contribution < 1.29 is 33.7 Å². The highest BCUT2D eigenvalue weighted by Gasteiger charge is 2.36. The monoisotopic (exact) mass is 509 g/mol. The molecule has 2 amide bonds. The SMILES string of the molecule is CC(C)(C)OC(=O)N(C(=O)OC(C)(C)C)c1nc(Cl)c2ncn([C@H]3C=C[C@@H](COC(=O)O)C3)c2n1. The third-order valence-corrected chi connectivity index (χ3v) is 4.91. The molecule has 0 unspecified atom stereocenters. The molecule has 2 atom stereocenters. The van der Waals surface area contributed by atoms with Gasteiger partial charge >= 0.3 is 18.3 Å². The van der Waals surface area contributed by atoms with E-state index in [1.165, 1.54) is 6.33 Å². The fourth-order valence-electron chi connectivity index (χ4n) is 3.33. The van der Waals surface area contributed by atoms with Gasteiger partial charge in [-0.15, -0.1) is 4.90 Å². The molecular formula is C22H28ClN5O7. The Morgan fingerprint density at radius 3 is 2.23 bits per heavy atom. The number of carbonyl (C=O) groups is 3. The van der Waals surface area contributed by atoms with Gasteiger partial charge in [-0.2, -0.15) is 9.97 Å². The molecule has 13 heteroatoms. The van der Waals surface area contributed by atoms with Crippen LogP contribution in [-0.4, -0.2) is 60.8 Å². The minimum absolute atomic E-state index is 0.0149. The molecule has 1 aliphatic rings. The number of carbonyl (C=O) groups excluding carboxylic acids is 2. The number of hydrogen-bond donors (Lipinski definition) is 1. The molecule has 0 aliphatic heterocycles. The van der Waals surface area contributed by atoms with Crippen molar-refractivity contribution in [3.8, 4) is 0 Å². The molecule has 0 spiro atoms. The zero-order chi connectivity index (χ0) is 26.1. The van der Waals surface area contributed by atoms with Crippen molar-refractivity contribution in [1.82, 2.24) is 19.5 Å². The van der Waals surface area contributed by atoms with Crippen LogP contribution in [0.3, 0.4) is 0 Å². The molecule has 1 N–H and O–H groups in total. The first-order valence-electron chi connectivity index (χ1n) is 10.8. The van der Waals surface area contributed by atoms with Gasteiger partial charge in [0.2, 0.25) is 5.95 Å². The van der Waals surface area contributed by atoms with Gasteiger partial charge in [0, 0.05) is 5.92 Å². The summed E-state index contributed by atoms with van der Waals surface area (Å²) >= 11 is 6.35. The van der Waals surface area contributed by atoms with Gasteiger partial charge in [-0.1, -0.05) is 23.8 Å². The molecule has 3 rings (SSSR count). The average molecular weight is 510 g/mol. The van der Waals surface area contributed by atoms with E-state index in [0.717, 1.165) is 0 Å². The van der Waals surface area contributed by atoms with Crippen LogP contribution in [-0.2, 0) is 14.2 Å². The molecular weight excluding hydrogens is 482 g/mol. The summed E-state index contributed by atoms with van der Waals surface area (Å²) in [7, 11) is 0. The number of fused-ring (bicyclic) bond motifs is 1. The van der Waals surface area contributed by atoms with Gasteiger partial charge in [0.15, 0.2) is 10.8 Å². The maximum Gasteiger partial charge on any atom is 0.505 e. The zero-order valence-electron chi connectivity index (χ0n) is 20.3. The van der Waals surface area contributed by atoms with E-state index >= 15 is 0 Å². The highest BCUT2D eigenvalue weighted by molar-refractivity contribution is 6.33.